The second-order valence-electron chi connectivity index (χ2n) is 5.02. The second kappa shape index (κ2) is 7.01. The first-order valence-electron chi connectivity index (χ1n) is 6.81. The normalized spacial score (nSPS) is 14.1. The van der Waals surface area contributed by atoms with Crippen molar-refractivity contribution in [3.8, 4) is 6.07 Å². The van der Waals surface area contributed by atoms with Crippen LogP contribution in [0.3, 0.4) is 0 Å². The fourth-order valence-electron chi connectivity index (χ4n) is 2.08. The van der Waals surface area contributed by atoms with Crippen LogP contribution in [-0.4, -0.2) is 29.9 Å². The zero-order valence-electron chi connectivity index (χ0n) is 11.3. The Bertz CT molecular complexity index is 491. The zero-order chi connectivity index (χ0) is 14.4. The molecule has 1 aromatic carbocycles. The van der Waals surface area contributed by atoms with Crippen molar-refractivity contribution >= 4 is 5.91 Å². The van der Waals surface area contributed by atoms with Gasteiger partial charge in [-0.25, -0.2) is 4.39 Å². The summed E-state index contributed by atoms with van der Waals surface area (Å²) in [5.74, 6) is -0.310. The molecule has 0 bridgehead atoms. The van der Waals surface area contributed by atoms with Crippen molar-refractivity contribution in [2.45, 2.75) is 31.8 Å². The third kappa shape index (κ3) is 4.63. The van der Waals surface area contributed by atoms with Crippen LogP contribution >= 0.6 is 0 Å². The van der Waals surface area contributed by atoms with E-state index < -0.39 is 0 Å². The number of hydrogen-bond donors (Lipinski definition) is 1. The van der Waals surface area contributed by atoms with Crippen molar-refractivity contribution in [2.24, 2.45) is 0 Å². The average Bonchev–Trinajstić information content (AvgIpc) is 3.25. The number of nitrogens with zero attached hydrogens (tertiary/aromatic N) is 2. The van der Waals surface area contributed by atoms with Gasteiger partial charge in [-0.05, 0) is 30.5 Å². The number of carbonyl (C=O) groups excluding carboxylic acids is 1. The summed E-state index contributed by atoms with van der Waals surface area (Å²) in [6.45, 7) is 1.37. The summed E-state index contributed by atoms with van der Waals surface area (Å²) >= 11 is 0. The van der Waals surface area contributed by atoms with Gasteiger partial charge in [0.05, 0.1) is 19.0 Å². The Hall–Kier alpha value is -1.93. The largest absolute Gasteiger partial charge is 0.354 e. The number of hydrogen-bond acceptors (Lipinski definition) is 3. The summed E-state index contributed by atoms with van der Waals surface area (Å²) in [7, 11) is 0. The van der Waals surface area contributed by atoms with Gasteiger partial charge < -0.3 is 5.32 Å². The molecule has 0 radical (unpaired) electrons. The first kappa shape index (κ1) is 14.5. The first-order valence-corrected chi connectivity index (χ1v) is 6.81. The van der Waals surface area contributed by atoms with Crippen molar-refractivity contribution in [2.75, 3.05) is 13.1 Å². The molecule has 5 heteroatoms. The monoisotopic (exact) mass is 275 g/mol. The van der Waals surface area contributed by atoms with Gasteiger partial charge in [0.2, 0.25) is 5.91 Å². The molecule has 1 amide bonds. The fraction of sp³-hybridized carbons (Fsp3) is 0.467. The van der Waals surface area contributed by atoms with Crippen molar-refractivity contribution in [3.63, 3.8) is 0 Å². The van der Waals surface area contributed by atoms with Crippen LogP contribution in [0.2, 0.25) is 0 Å². The third-order valence-corrected chi connectivity index (χ3v) is 3.27. The van der Waals surface area contributed by atoms with Crippen LogP contribution in [0.25, 0.3) is 0 Å². The summed E-state index contributed by atoms with van der Waals surface area (Å²) in [5.41, 5.74) is 1.00. The molecule has 0 atom stereocenters. The Morgan fingerprint density at radius 1 is 1.40 bits per heavy atom. The minimum atomic E-state index is -0.249. The Kier molecular flexibility index (Phi) is 5.08. The molecule has 0 spiro atoms. The van der Waals surface area contributed by atoms with Crippen molar-refractivity contribution in [1.82, 2.24) is 10.2 Å². The van der Waals surface area contributed by atoms with E-state index in [4.69, 9.17) is 5.26 Å². The molecule has 0 aliphatic heterocycles. The molecule has 1 aliphatic rings. The van der Waals surface area contributed by atoms with Gasteiger partial charge >= 0.3 is 0 Å². The van der Waals surface area contributed by atoms with Crippen LogP contribution in [-0.2, 0) is 11.3 Å². The van der Waals surface area contributed by atoms with Crippen LogP contribution in [0, 0.1) is 17.1 Å². The molecule has 0 heterocycles. The summed E-state index contributed by atoms with van der Waals surface area (Å²) in [6, 6.07) is 8.81. The molecule has 1 aromatic rings. The van der Waals surface area contributed by atoms with E-state index in [2.05, 4.69) is 10.2 Å². The van der Waals surface area contributed by atoms with Crippen LogP contribution < -0.4 is 5.32 Å². The molecule has 20 heavy (non-hydrogen) atoms. The van der Waals surface area contributed by atoms with Crippen molar-refractivity contribution in [3.05, 3.63) is 35.6 Å². The smallest absolute Gasteiger partial charge is 0.234 e. The van der Waals surface area contributed by atoms with Gasteiger partial charge in [-0.2, -0.15) is 5.26 Å². The molecule has 1 saturated carbocycles. The van der Waals surface area contributed by atoms with Gasteiger partial charge in [0.25, 0.3) is 0 Å². The third-order valence-electron chi connectivity index (χ3n) is 3.27. The highest BCUT2D eigenvalue weighted by Crippen LogP contribution is 2.28. The Balaban J connectivity index is 1.86. The van der Waals surface area contributed by atoms with E-state index in [0.29, 0.717) is 32.1 Å². The molecule has 2 rings (SSSR count). The molecular formula is C15H18FN3O. The number of carbonyl (C=O) groups is 1. The standard InChI is InChI=1S/C15H18FN3O/c16-13-4-2-12(3-5-13)10-19(14-6-7-14)11-15(20)18-9-1-8-17/h2-5,14H,1,6-7,9-11H2,(H,18,20). The first-order chi connectivity index (χ1) is 9.69. The number of nitriles is 1. The highest BCUT2D eigenvalue weighted by molar-refractivity contribution is 5.78. The van der Waals surface area contributed by atoms with Gasteiger partial charge in [-0.1, -0.05) is 12.1 Å². The maximum atomic E-state index is 12.9. The molecule has 106 valence electrons. The number of nitrogens with one attached hydrogen (secondary N) is 1. The highest BCUT2D eigenvalue weighted by atomic mass is 19.1. The predicted molar refractivity (Wildman–Crippen MR) is 73.1 cm³/mol. The van der Waals surface area contributed by atoms with Crippen LogP contribution in [0.15, 0.2) is 24.3 Å². The Morgan fingerprint density at radius 3 is 2.70 bits per heavy atom. The second-order valence-corrected chi connectivity index (χ2v) is 5.02. The Morgan fingerprint density at radius 2 is 2.10 bits per heavy atom. The van der Waals surface area contributed by atoms with E-state index in [9.17, 15) is 9.18 Å². The predicted octanol–water partition coefficient (Wildman–Crippen LogP) is 1.82. The summed E-state index contributed by atoms with van der Waals surface area (Å²) in [5, 5.41) is 11.2. The van der Waals surface area contributed by atoms with Crippen molar-refractivity contribution < 1.29 is 9.18 Å². The van der Waals surface area contributed by atoms with Gasteiger partial charge in [-0.3, -0.25) is 9.69 Å². The van der Waals surface area contributed by atoms with E-state index in [1.807, 2.05) is 6.07 Å². The van der Waals surface area contributed by atoms with E-state index in [1.165, 1.54) is 12.1 Å². The number of halogens is 1. The minimum Gasteiger partial charge on any atom is -0.354 e. The molecule has 1 N–H and O–H groups in total. The van der Waals surface area contributed by atoms with Crippen LogP contribution in [0.5, 0.6) is 0 Å². The maximum absolute atomic E-state index is 12.9. The molecular weight excluding hydrogens is 257 g/mol. The van der Waals surface area contributed by atoms with Crippen molar-refractivity contribution in [1.29, 1.82) is 5.26 Å². The van der Waals surface area contributed by atoms with E-state index in [1.54, 1.807) is 12.1 Å². The van der Waals surface area contributed by atoms with E-state index in [-0.39, 0.29) is 11.7 Å². The highest BCUT2D eigenvalue weighted by Gasteiger charge is 2.30. The lowest BCUT2D eigenvalue weighted by Crippen LogP contribution is -2.38. The van der Waals surface area contributed by atoms with Gasteiger partial charge in [0.15, 0.2) is 0 Å². The topological polar surface area (TPSA) is 56.1 Å². The molecule has 4 nitrogen and oxygen atoms in total. The lowest BCUT2D eigenvalue weighted by atomic mass is 10.2. The van der Waals surface area contributed by atoms with E-state index in [0.717, 1.165) is 18.4 Å². The van der Waals surface area contributed by atoms with Gasteiger partial charge in [0.1, 0.15) is 5.82 Å². The molecule has 1 aliphatic carbocycles. The molecule has 0 aromatic heterocycles. The maximum Gasteiger partial charge on any atom is 0.234 e. The van der Waals surface area contributed by atoms with Gasteiger partial charge in [0, 0.05) is 19.1 Å². The number of benzene rings is 1. The molecule has 0 saturated heterocycles. The summed E-state index contributed by atoms with van der Waals surface area (Å²) < 4.78 is 12.9. The summed E-state index contributed by atoms with van der Waals surface area (Å²) in [4.78, 5) is 13.9. The Labute approximate surface area is 118 Å². The van der Waals surface area contributed by atoms with Crippen LogP contribution in [0.4, 0.5) is 4.39 Å². The molecule has 1 fully saturated rings. The number of rotatable bonds is 7. The number of amides is 1. The summed E-state index contributed by atoms with van der Waals surface area (Å²) in [6.07, 6.45) is 2.53. The minimum absolute atomic E-state index is 0.0609. The molecule has 0 unspecified atom stereocenters. The zero-order valence-corrected chi connectivity index (χ0v) is 11.3. The van der Waals surface area contributed by atoms with E-state index >= 15 is 0 Å². The fourth-order valence-corrected chi connectivity index (χ4v) is 2.08. The average molecular weight is 275 g/mol. The van der Waals surface area contributed by atoms with Crippen LogP contribution in [0.1, 0.15) is 24.8 Å². The lowest BCUT2D eigenvalue weighted by molar-refractivity contribution is -0.122. The SMILES string of the molecule is N#CCCNC(=O)CN(Cc1ccc(F)cc1)C1CC1. The quantitative estimate of drug-likeness (QED) is 0.772. The lowest BCUT2D eigenvalue weighted by Gasteiger charge is -2.21. The van der Waals surface area contributed by atoms with Gasteiger partial charge in [-0.15, -0.1) is 0 Å².